The number of carbonyl (C=O) groups is 2. The van der Waals surface area contributed by atoms with Crippen LogP contribution >= 0.6 is 0 Å². The average molecular weight is 422 g/mol. The van der Waals surface area contributed by atoms with Crippen molar-refractivity contribution in [3.05, 3.63) is 71.3 Å². The summed E-state index contributed by atoms with van der Waals surface area (Å²) in [6.45, 7) is 0.714. The molecule has 0 radical (unpaired) electrons. The Morgan fingerprint density at radius 2 is 1.67 bits per heavy atom. The third kappa shape index (κ3) is 5.50. The summed E-state index contributed by atoms with van der Waals surface area (Å²) >= 11 is 0. The lowest BCUT2D eigenvalue weighted by atomic mass is 10.1. The van der Waals surface area contributed by atoms with E-state index in [-0.39, 0.29) is 32.8 Å². The van der Waals surface area contributed by atoms with Gasteiger partial charge in [0, 0.05) is 19.6 Å². The van der Waals surface area contributed by atoms with Gasteiger partial charge in [-0.15, -0.1) is 0 Å². The van der Waals surface area contributed by atoms with Crippen LogP contribution in [0.25, 0.3) is 0 Å². The van der Waals surface area contributed by atoms with Gasteiger partial charge in [-0.05, 0) is 23.3 Å². The second-order valence-electron chi connectivity index (χ2n) is 7.01. The number of aliphatic carboxylic acids is 1. The van der Waals surface area contributed by atoms with Gasteiger partial charge in [0.25, 0.3) is 0 Å². The van der Waals surface area contributed by atoms with Crippen LogP contribution in [0.2, 0.25) is 0 Å². The second kappa shape index (κ2) is 9.17. The highest BCUT2D eigenvalue weighted by atomic mass is 19.4. The van der Waals surface area contributed by atoms with Gasteiger partial charge in [0.2, 0.25) is 0 Å². The fourth-order valence-corrected chi connectivity index (χ4v) is 3.25. The molecule has 3 rings (SSSR count). The van der Waals surface area contributed by atoms with Gasteiger partial charge in [0.1, 0.15) is 12.6 Å². The molecule has 1 saturated heterocycles. The van der Waals surface area contributed by atoms with E-state index >= 15 is 0 Å². The SMILES string of the molecule is O=C(O)[C@H]1CN(C(=O)OCc2ccccc2)CCN1Cc1ccc(C(F)(F)F)cc1. The molecule has 1 atom stereocenters. The summed E-state index contributed by atoms with van der Waals surface area (Å²) in [4.78, 5) is 27.0. The van der Waals surface area contributed by atoms with Gasteiger partial charge in [-0.1, -0.05) is 42.5 Å². The van der Waals surface area contributed by atoms with Crippen LogP contribution in [0, 0.1) is 0 Å². The summed E-state index contributed by atoms with van der Waals surface area (Å²) in [5.41, 5.74) is 0.628. The molecule has 1 N–H and O–H groups in total. The number of carbonyl (C=O) groups excluding carboxylic acids is 1. The minimum Gasteiger partial charge on any atom is -0.480 e. The number of halogens is 3. The largest absolute Gasteiger partial charge is 0.480 e. The van der Waals surface area contributed by atoms with Gasteiger partial charge in [-0.3, -0.25) is 9.69 Å². The van der Waals surface area contributed by atoms with E-state index in [0.717, 1.165) is 17.7 Å². The van der Waals surface area contributed by atoms with Crippen molar-refractivity contribution in [3.8, 4) is 0 Å². The second-order valence-corrected chi connectivity index (χ2v) is 7.01. The van der Waals surface area contributed by atoms with E-state index in [0.29, 0.717) is 5.56 Å². The molecule has 1 amide bonds. The predicted molar refractivity (Wildman–Crippen MR) is 101 cm³/mol. The molecule has 0 spiro atoms. The maximum Gasteiger partial charge on any atom is 0.416 e. The Balaban J connectivity index is 1.59. The first-order valence-corrected chi connectivity index (χ1v) is 9.32. The summed E-state index contributed by atoms with van der Waals surface area (Å²) in [5.74, 6) is -1.11. The van der Waals surface area contributed by atoms with E-state index in [1.165, 1.54) is 17.0 Å². The Morgan fingerprint density at radius 3 is 2.27 bits per heavy atom. The molecule has 9 heteroatoms. The number of hydrogen-bond acceptors (Lipinski definition) is 4. The maximum atomic E-state index is 12.7. The number of amides is 1. The first-order chi connectivity index (χ1) is 14.2. The van der Waals surface area contributed by atoms with Crippen LogP contribution in [0.5, 0.6) is 0 Å². The van der Waals surface area contributed by atoms with Crippen LogP contribution in [0.4, 0.5) is 18.0 Å². The van der Waals surface area contributed by atoms with Crippen LogP contribution in [0.1, 0.15) is 16.7 Å². The molecule has 0 unspecified atom stereocenters. The van der Waals surface area contributed by atoms with E-state index in [9.17, 15) is 27.9 Å². The van der Waals surface area contributed by atoms with Crippen molar-refractivity contribution in [2.24, 2.45) is 0 Å². The first-order valence-electron chi connectivity index (χ1n) is 9.32. The molecular formula is C21H21F3N2O4. The minimum absolute atomic E-state index is 0.0659. The zero-order chi connectivity index (χ0) is 21.7. The van der Waals surface area contributed by atoms with E-state index in [1.807, 2.05) is 30.3 Å². The quantitative estimate of drug-likeness (QED) is 0.797. The number of rotatable bonds is 5. The van der Waals surface area contributed by atoms with E-state index < -0.39 is 29.8 Å². The van der Waals surface area contributed by atoms with Crippen molar-refractivity contribution in [2.75, 3.05) is 19.6 Å². The Bertz CT molecular complexity index is 872. The number of benzene rings is 2. The molecule has 1 heterocycles. The van der Waals surface area contributed by atoms with Gasteiger partial charge < -0.3 is 14.7 Å². The van der Waals surface area contributed by atoms with Crippen LogP contribution in [-0.4, -0.2) is 52.6 Å². The highest BCUT2D eigenvalue weighted by Crippen LogP contribution is 2.29. The van der Waals surface area contributed by atoms with Gasteiger partial charge in [-0.25, -0.2) is 4.79 Å². The zero-order valence-electron chi connectivity index (χ0n) is 16.0. The lowest BCUT2D eigenvalue weighted by Crippen LogP contribution is -2.57. The standard InChI is InChI=1S/C21H21F3N2O4/c22-21(23,24)17-8-6-15(7-9-17)12-25-10-11-26(13-18(25)19(27)28)20(29)30-14-16-4-2-1-3-5-16/h1-9,18H,10-14H2,(H,27,28)/t18-/m1/s1. The lowest BCUT2D eigenvalue weighted by Gasteiger charge is -2.38. The lowest BCUT2D eigenvalue weighted by molar-refractivity contribution is -0.145. The summed E-state index contributed by atoms with van der Waals surface area (Å²) in [7, 11) is 0. The van der Waals surface area contributed by atoms with E-state index in [2.05, 4.69) is 0 Å². The summed E-state index contributed by atoms with van der Waals surface area (Å²) < 4.78 is 43.4. The number of hydrogen-bond donors (Lipinski definition) is 1. The predicted octanol–water partition coefficient (Wildman–Crippen LogP) is 3.61. The molecule has 30 heavy (non-hydrogen) atoms. The van der Waals surface area contributed by atoms with Crippen molar-refractivity contribution in [1.29, 1.82) is 0 Å². The van der Waals surface area contributed by atoms with Gasteiger partial charge in [0.15, 0.2) is 0 Å². The number of carboxylic acids is 1. The number of carboxylic acid groups (broad SMARTS) is 1. The Morgan fingerprint density at radius 1 is 1.00 bits per heavy atom. The van der Waals surface area contributed by atoms with Crippen LogP contribution in [0.15, 0.2) is 54.6 Å². The normalized spacial score (nSPS) is 17.6. The minimum atomic E-state index is -4.42. The summed E-state index contributed by atoms with van der Waals surface area (Å²) in [6, 6.07) is 12.8. The van der Waals surface area contributed by atoms with E-state index in [4.69, 9.17) is 4.74 Å². The average Bonchev–Trinajstić information content (AvgIpc) is 2.72. The zero-order valence-corrected chi connectivity index (χ0v) is 16.0. The highest BCUT2D eigenvalue weighted by molar-refractivity contribution is 5.76. The van der Waals surface area contributed by atoms with Crippen molar-refractivity contribution in [3.63, 3.8) is 0 Å². The van der Waals surface area contributed by atoms with Crippen molar-refractivity contribution < 1.29 is 32.6 Å². The molecule has 160 valence electrons. The Hall–Kier alpha value is -3.07. The molecule has 0 aromatic heterocycles. The summed E-state index contributed by atoms with van der Waals surface area (Å²) in [6.07, 6.45) is -5.02. The molecule has 2 aromatic carbocycles. The van der Waals surface area contributed by atoms with E-state index in [1.54, 1.807) is 4.90 Å². The number of nitrogens with zero attached hydrogens (tertiary/aromatic N) is 2. The molecule has 6 nitrogen and oxygen atoms in total. The van der Waals surface area contributed by atoms with Gasteiger partial charge in [0.05, 0.1) is 12.1 Å². The smallest absolute Gasteiger partial charge is 0.416 e. The monoisotopic (exact) mass is 422 g/mol. The fourth-order valence-electron chi connectivity index (χ4n) is 3.25. The first kappa shape index (κ1) is 21.6. The summed E-state index contributed by atoms with van der Waals surface area (Å²) in [5, 5.41) is 9.58. The van der Waals surface area contributed by atoms with Crippen LogP contribution in [-0.2, 0) is 28.9 Å². The van der Waals surface area contributed by atoms with Crippen molar-refractivity contribution in [1.82, 2.24) is 9.80 Å². The maximum absolute atomic E-state index is 12.7. The number of alkyl halides is 3. The Kier molecular flexibility index (Phi) is 6.61. The highest BCUT2D eigenvalue weighted by Gasteiger charge is 2.35. The van der Waals surface area contributed by atoms with Crippen LogP contribution < -0.4 is 0 Å². The van der Waals surface area contributed by atoms with Crippen molar-refractivity contribution in [2.45, 2.75) is 25.4 Å². The van der Waals surface area contributed by atoms with Gasteiger partial charge >= 0.3 is 18.2 Å². The third-order valence-corrected chi connectivity index (χ3v) is 4.91. The third-order valence-electron chi connectivity index (χ3n) is 4.91. The fraction of sp³-hybridized carbons (Fsp3) is 0.333. The Labute approximate surface area is 171 Å². The number of piperazine rings is 1. The van der Waals surface area contributed by atoms with Gasteiger partial charge in [-0.2, -0.15) is 13.2 Å². The molecule has 1 aliphatic heterocycles. The topological polar surface area (TPSA) is 70.1 Å². The molecule has 0 saturated carbocycles. The molecule has 1 aliphatic rings. The molecule has 0 aliphatic carbocycles. The molecule has 1 fully saturated rings. The molecule has 0 bridgehead atoms. The molecule has 2 aromatic rings. The molecular weight excluding hydrogens is 401 g/mol. The number of ether oxygens (including phenoxy) is 1. The van der Waals surface area contributed by atoms with Crippen molar-refractivity contribution >= 4 is 12.1 Å². The van der Waals surface area contributed by atoms with Crippen LogP contribution in [0.3, 0.4) is 0 Å².